The third-order valence-corrected chi connectivity index (χ3v) is 5.44. The summed E-state index contributed by atoms with van der Waals surface area (Å²) in [5, 5.41) is 12.4. The molecule has 3 aromatic carbocycles. The van der Waals surface area contributed by atoms with Crippen molar-refractivity contribution in [3.05, 3.63) is 83.2 Å². The molecule has 1 amide bonds. The Morgan fingerprint density at radius 2 is 1.96 bits per heavy atom. The van der Waals surface area contributed by atoms with Crippen molar-refractivity contribution in [3.63, 3.8) is 0 Å². The van der Waals surface area contributed by atoms with E-state index in [1.54, 1.807) is 17.4 Å². The zero-order valence-corrected chi connectivity index (χ0v) is 15.7. The molecule has 0 saturated heterocycles. The first-order chi connectivity index (χ1) is 13.5. The van der Waals surface area contributed by atoms with Gasteiger partial charge in [-0.2, -0.15) is 5.26 Å². The van der Waals surface area contributed by atoms with Crippen LogP contribution in [0.2, 0.25) is 0 Å². The molecule has 0 fully saturated rings. The molecule has 6 heteroatoms. The van der Waals surface area contributed by atoms with Gasteiger partial charge in [-0.25, -0.2) is 9.37 Å². The van der Waals surface area contributed by atoms with Crippen LogP contribution in [0.4, 0.5) is 10.1 Å². The lowest BCUT2D eigenvalue weighted by Gasteiger charge is -2.10. The number of amides is 1. The highest BCUT2D eigenvalue weighted by Crippen LogP contribution is 2.32. The molecule has 4 nitrogen and oxygen atoms in total. The topological polar surface area (TPSA) is 65.8 Å². The van der Waals surface area contributed by atoms with Gasteiger partial charge >= 0.3 is 0 Å². The summed E-state index contributed by atoms with van der Waals surface area (Å²) in [4.78, 5) is 17.1. The number of nitrogens with zero attached hydrogens (tertiary/aromatic N) is 2. The third-order valence-electron chi connectivity index (χ3n) is 4.36. The van der Waals surface area contributed by atoms with Crippen molar-refractivity contribution >= 4 is 33.1 Å². The first-order valence-corrected chi connectivity index (χ1v) is 9.34. The molecule has 0 spiro atoms. The van der Waals surface area contributed by atoms with E-state index in [4.69, 9.17) is 5.26 Å². The van der Waals surface area contributed by atoms with Gasteiger partial charge in [0, 0.05) is 11.3 Å². The first-order valence-electron chi connectivity index (χ1n) is 8.53. The lowest BCUT2D eigenvalue weighted by molar-refractivity contribution is 0.102. The minimum atomic E-state index is -0.722. The van der Waals surface area contributed by atoms with E-state index in [-0.39, 0.29) is 11.1 Å². The number of hydrogen-bond donors (Lipinski definition) is 1. The average Bonchev–Trinajstić information content (AvgIpc) is 3.13. The van der Waals surface area contributed by atoms with E-state index in [2.05, 4.69) is 10.3 Å². The summed E-state index contributed by atoms with van der Waals surface area (Å²) in [5.41, 5.74) is 3.42. The zero-order valence-electron chi connectivity index (χ0n) is 14.9. The highest BCUT2D eigenvalue weighted by atomic mass is 32.1. The normalized spacial score (nSPS) is 10.6. The van der Waals surface area contributed by atoms with Gasteiger partial charge in [0.25, 0.3) is 5.91 Å². The second kappa shape index (κ2) is 7.22. The molecule has 28 heavy (non-hydrogen) atoms. The second-order valence-electron chi connectivity index (χ2n) is 6.28. The molecular weight excluding hydrogens is 373 g/mol. The maximum atomic E-state index is 14.1. The van der Waals surface area contributed by atoms with Crippen LogP contribution < -0.4 is 5.32 Å². The molecule has 4 rings (SSSR count). The molecule has 0 unspecified atom stereocenters. The van der Waals surface area contributed by atoms with Gasteiger partial charge in [0.1, 0.15) is 10.8 Å². The van der Waals surface area contributed by atoms with Gasteiger partial charge in [0.05, 0.1) is 27.4 Å². The molecule has 0 bridgehead atoms. The first kappa shape index (κ1) is 17.8. The molecule has 0 atom stereocenters. The number of benzene rings is 3. The van der Waals surface area contributed by atoms with E-state index in [0.29, 0.717) is 5.69 Å². The van der Waals surface area contributed by atoms with Gasteiger partial charge < -0.3 is 5.32 Å². The largest absolute Gasteiger partial charge is 0.322 e. The summed E-state index contributed by atoms with van der Waals surface area (Å²) in [6.45, 7) is 1.88. The third kappa shape index (κ3) is 3.36. The van der Waals surface area contributed by atoms with Crippen LogP contribution in [0.1, 0.15) is 21.5 Å². The van der Waals surface area contributed by atoms with E-state index in [9.17, 15) is 9.18 Å². The molecule has 0 aliphatic rings. The van der Waals surface area contributed by atoms with Crippen molar-refractivity contribution in [1.82, 2.24) is 4.98 Å². The zero-order chi connectivity index (χ0) is 19.7. The number of halogens is 1. The smallest absolute Gasteiger partial charge is 0.258 e. The van der Waals surface area contributed by atoms with E-state index in [1.165, 1.54) is 12.1 Å². The number of para-hydroxylation sites is 1. The minimum absolute atomic E-state index is 0.103. The number of nitriles is 1. The number of aromatic nitrogens is 1. The number of fused-ring (bicyclic) bond motifs is 1. The number of hydrogen-bond acceptors (Lipinski definition) is 4. The Hall–Kier alpha value is -3.56. The fraction of sp³-hybridized carbons (Fsp3) is 0.0455. The van der Waals surface area contributed by atoms with Crippen molar-refractivity contribution in [2.24, 2.45) is 0 Å². The van der Waals surface area contributed by atoms with Gasteiger partial charge in [-0.1, -0.05) is 12.1 Å². The van der Waals surface area contributed by atoms with Gasteiger partial charge in [0.15, 0.2) is 0 Å². The molecule has 1 heterocycles. The van der Waals surface area contributed by atoms with E-state index in [1.807, 2.05) is 49.4 Å². The molecular formula is C22H14FN3OS. The Morgan fingerprint density at radius 1 is 1.14 bits per heavy atom. The van der Waals surface area contributed by atoms with Crippen LogP contribution in [0.5, 0.6) is 0 Å². The lowest BCUT2D eigenvalue weighted by Crippen LogP contribution is -2.14. The Labute approximate surface area is 164 Å². The number of aryl methyl sites for hydroxylation is 1. The monoisotopic (exact) mass is 387 g/mol. The summed E-state index contributed by atoms with van der Waals surface area (Å²) >= 11 is 1.61. The number of rotatable bonds is 3. The number of nitrogens with one attached hydrogen (secondary N) is 1. The average molecular weight is 387 g/mol. The van der Waals surface area contributed by atoms with Crippen molar-refractivity contribution in [2.75, 3.05) is 5.32 Å². The number of carbonyl (C=O) groups is 1. The second-order valence-corrected chi connectivity index (χ2v) is 7.31. The van der Waals surface area contributed by atoms with Gasteiger partial charge in [-0.3, -0.25) is 4.79 Å². The van der Waals surface area contributed by atoms with Gasteiger partial charge in [-0.05, 0) is 61.0 Å². The minimum Gasteiger partial charge on any atom is -0.322 e. The van der Waals surface area contributed by atoms with Gasteiger partial charge in [0.2, 0.25) is 0 Å². The van der Waals surface area contributed by atoms with Crippen molar-refractivity contribution < 1.29 is 9.18 Å². The predicted octanol–water partition coefficient (Wildman–Crippen LogP) is 5.53. The lowest BCUT2D eigenvalue weighted by atomic mass is 10.1. The summed E-state index contributed by atoms with van der Waals surface area (Å²) in [6.07, 6.45) is 0. The number of anilines is 1. The number of carbonyl (C=O) groups excluding carboxylic acids is 1. The van der Waals surface area contributed by atoms with Crippen molar-refractivity contribution in [2.45, 2.75) is 6.92 Å². The van der Waals surface area contributed by atoms with Crippen LogP contribution in [0, 0.1) is 24.1 Å². The Bertz CT molecular complexity index is 1220. The fourth-order valence-electron chi connectivity index (χ4n) is 2.89. The fourth-order valence-corrected chi connectivity index (χ4v) is 3.85. The summed E-state index contributed by atoms with van der Waals surface area (Å²) in [6, 6.07) is 19.2. The van der Waals surface area contributed by atoms with Crippen LogP contribution in [0.3, 0.4) is 0 Å². The molecule has 1 N–H and O–H groups in total. The molecule has 0 radical (unpaired) electrons. The predicted molar refractivity (Wildman–Crippen MR) is 109 cm³/mol. The Balaban J connectivity index is 1.59. The van der Waals surface area contributed by atoms with Gasteiger partial charge in [-0.15, -0.1) is 11.3 Å². The van der Waals surface area contributed by atoms with E-state index >= 15 is 0 Å². The summed E-state index contributed by atoms with van der Waals surface area (Å²) in [7, 11) is 0. The van der Waals surface area contributed by atoms with Crippen LogP contribution in [0.15, 0.2) is 60.7 Å². The van der Waals surface area contributed by atoms with Crippen LogP contribution in [0.25, 0.3) is 20.8 Å². The summed E-state index contributed by atoms with van der Waals surface area (Å²) < 4.78 is 15.2. The maximum Gasteiger partial charge on any atom is 0.258 e. The van der Waals surface area contributed by atoms with Crippen LogP contribution >= 0.6 is 11.3 Å². The molecule has 136 valence electrons. The molecule has 0 aliphatic carbocycles. The molecule has 1 aromatic heterocycles. The molecule has 0 saturated carbocycles. The highest BCUT2D eigenvalue weighted by Gasteiger charge is 2.14. The maximum absolute atomic E-state index is 14.1. The SMILES string of the molecule is Cc1cc(-c2nc3ccccc3s2)ccc1NC(=O)c1ccc(C#N)cc1F. The van der Waals surface area contributed by atoms with E-state index in [0.717, 1.165) is 32.4 Å². The van der Waals surface area contributed by atoms with Crippen LogP contribution in [-0.2, 0) is 0 Å². The Morgan fingerprint density at radius 3 is 2.68 bits per heavy atom. The quantitative estimate of drug-likeness (QED) is 0.502. The van der Waals surface area contributed by atoms with E-state index < -0.39 is 11.7 Å². The summed E-state index contributed by atoms with van der Waals surface area (Å²) in [5.74, 6) is -1.28. The molecule has 4 aromatic rings. The van der Waals surface area contributed by atoms with Crippen molar-refractivity contribution in [1.29, 1.82) is 5.26 Å². The van der Waals surface area contributed by atoms with Crippen LogP contribution in [-0.4, -0.2) is 10.9 Å². The highest BCUT2D eigenvalue weighted by molar-refractivity contribution is 7.21. The molecule has 0 aliphatic heterocycles. The number of thiazole rings is 1. The Kier molecular flexibility index (Phi) is 4.60. The standard InChI is InChI=1S/C22H14FN3OS/c1-13-10-15(22-26-19-4-2-3-5-20(19)28-22)7-9-18(13)25-21(27)16-8-6-14(12-24)11-17(16)23/h2-11H,1H3,(H,25,27). The van der Waals surface area contributed by atoms with Crippen molar-refractivity contribution in [3.8, 4) is 16.6 Å².